The van der Waals surface area contributed by atoms with Gasteiger partial charge in [0.15, 0.2) is 11.6 Å². The number of aromatic nitrogens is 4. The largest absolute Gasteiger partial charge is 0.456 e. The third-order valence-electron chi connectivity index (χ3n) is 23.3. The molecule has 1 unspecified atom stereocenters. The third-order valence-corrected chi connectivity index (χ3v) is 23.3. The number of ether oxygens (including phenoxy) is 2. The SMILES string of the molecule is c1ccc(-c2cc(-c3ccccc3)nc(-c3cccc(-c4ccc(-c5cccc6c5Oc5ccccc5C65c6ccccc6-c6cc(-c7ccc(-c8nc(-c9ccccc9)cc(-c9ccccc9)n8)cc7-c7cccc(-c8cccc9c8Oc8ccccc8C98c9ccccc9-c9ccccc98)c7)ccc65)cc4)c3)n2)cc1. The molecule has 6 heteroatoms. The maximum atomic E-state index is 7.32. The van der Waals surface area contributed by atoms with E-state index in [0.29, 0.717) is 11.6 Å². The van der Waals surface area contributed by atoms with Gasteiger partial charge in [0.2, 0.25) is 0 Å². The molecule has 2 aliphatic heterocycles. The second kappa shape index (κ2) is 26.0. The van der Waals surface area contributed by atoms with E-state index in [9.17, 15) is 0 Å². The maximum Gasteiger partial charge on any atom is 0.160 e. The normalized spacial score (nSPS) is 14.0. The molecule has 4 heterocycles. The Morgan fingerprint density at radius 2 is 0.464 bits per heavy atom. The van der Waals surface area contributed by atoms with Gasteiger partial charge >= 0.3 is 0 Å². The van der Waals surface area contributed by atoms with Gasteiger partial charge in [-0.2, -0.15) is 0 Å². The lowest BCUT2D eigenvalue weighted by atomic mass is 9.65. The summed E-state index contributed by atoms with van der Waals surface area (Å²) >= 11 is 0. The number of rotatable bonds is 11. The summed E-state index contributed by atoms with van der Waals surface area (Å²) in [4.78, 5) is 21.2. The predicted octanol–water partition coefficient (Wildman–Crippen LogP) is 26.5. The van der Waals surface area contributed by atoms with Gasteiger partial charge in [0.05, 0.1) is 33.6 Å². The molecule has 22 rings (SSSR count). The highest BCUT2D eigenvalue weighted by Gasteiger charge is 2.53. The molecule has 522 valence electrons. The minimum atomic E-state index is -0.748. The predicted molar refractivity (Wildman–Crippen MR) is 452 cm³/mol. The van der Waals surface area contributed by atoms with Crippen molar-refractivity contribution >= 4 is 0 Å². The van der Waals surface area contributed by atoms with Gasteiger partial charge in [-0.3, -0.25) is 0 Å². The Hall–Kier alpha value is -14.7. The van der Waals surface area contributed by atoms with Gasteiger partial charge in [-0.25, -0.2) is 19.9 Å². The van der Waals surface area contributed by atoms with E-state index in [1.165, 1.54) is 38.9 Å². The highest BCUT2D eigenvalue weighted by Crippen LogP contribution is 2.66. The van der Waals surface area contributed by atoms with Gasteiger partial charge in [-0.05, 0) is 138 Å². The first-order valence-corrected chi connectivity index (χ1v) is 38.2. The number of fused-ring (bicyclic) bond motifs is 18. The summed E-state index contributed by atoms with van der Waals surface area (Å²) in [5.74, 6) is 4.66. The van der Waals surface area contributed by atoms with Gasteiger partial charge in [-0.1, -0.05) is 352 Å². The molecule has 18 aromatic rings. The van der Waals surface area contributed by atoms with Crippen molar-refractivity contribution in [2.24, 2.45) is 0 Å². The molecule has 4 aliphatic rings. The highest BCUT2D eigenvalue weighted by atomic mass is 16.5. The molecule has 2 spiro atoms. The van der Waals surface area contributed by atoms with Crippen LogP contribution in [0.4, 0.5) is 0 Å². The minimum Gasteiger partial charge on any atom is -0.456 e. The van der Waals surface area contributed by atoms with E-state index < -0.39 is 10.8 Å². The molecule has 0 saturated heterocycles. The van der Waals surface area contributed by atoms with Crippen LogP contribution in [0.1, 0.15) is 44.5 Å². The Labute approximate surface area is 649 Å². The van der Waals surface area contributed by atoms with E-state index in [2.05, 4.69) is 376 Å². The Balaban J connectivity index is 0.681. The number of benzene rings is 16. The quantitative estimate of drug-likeness (QED) is 0.129. The van der Waals surface area contributed by atoms with E-state index in [-0.39, 0.29) is 0 Å². The molecular weight excluding hydrogens is 1360 g/mol. The Morgan fingerprint density at radius 3 is 0.955 bits per heavy atom. The van der Waals surface area contributed by atoms with Crippen LogP contribution < -0.4 is 9.47 Å². The van der Waals surface area contributed by atoms with Gasteiger partial charge < -0.3 is 9.47 Å². The van der Waals surface area contributed by atoms with Crippen LogP contribution in [-0.2, 0) is 10.8 Å². The Bertz CT molecular complexity index is 6660. The molecule has 0 radical (unpaired) electrons. The van der Waals surface area contributed by atoms with Crippen LogP contribution >= 0.6 is 0 Å². The summed E-state index contributed by atoms with van der Waals surface area (Å²) in [7, 11) is 0. The molecular formula is C106H66N4O2. The first-order chi connectivity index (χ1) is 55.5. The van der Waals surface area contributed by atoms with Crippen LogP contribution in [0, 0.1) is 0 Å². The average molecular weight is 1430 g/mol. The van der Waals surface area contributed by atoms with E-state index in [4.69, 9.17) is 29.4 Å². The van der Waals surface area contributed by atoms with E-state index in [0.717, 1.165) is 163 Å². The van der Waals surface area contributed by atoms with E-state index in [1.54, 1.807) is 0 Å². The van der Waals surface area contributed by atoms with Crippen LogP contribution in [0.2, 0.25) is 0 Å². The van der Waals surface area contributed by atoms with Gasteiger partial charge in [0, 0.05) is 66.8 Å². The van der Waals surface area contributed by atoms with Gasteiger partial charge in [-0.15, -0.1) is 0 Å². The zero-order valence-corrected chi connectivity index (χ0v) is 60.7. The van der Waals surface area contributed by atoms with Gasteiger partial charge in [0.25, 0.3) is 0 Å². The van der Waals surface area contributed by atoms with Crippen molar-refractivity contribution in [1.82, 2.24) is 19.9 Å². The van der Waals surface area contributed by atoms with Gasteiger partial charge in [0.1, 0.15) is 23.0 Å². The fraction of sp³-hybridized carbons (Fsp3) is 0.0189. The molecule has 0 saturated carbocycles. The maximum absolute atomic E-state index is 7.32. The van der Waals surface area contributed by atoms with Crippen LogP contribution in [0.5, 0.6) is 23.0 Å². The fourth-order valence-electron chi connectivity index (χ4n) is 18.3. The summed E-state index contributed by atoms with van der Waals surface area (Å²) in [6, 6.07) is 144. The summed E-state index contributed by atoms with van der Waals surface area (Å²) in [5, 5.41) is 0. The van der Waals surface area contributed by atoms with Crippen LogP contribution in [0.25, 0.3) is 146 Å². The van der Waals surface area contributed by atoms with Crippen molar-refractivity contribution < 1.29 is 9.47 Å². The van der Waals surface area contributed by atoms with Crippen molar-refractivity contribution in [3.05, 3.63) is 445 Å². The van der Waals surface area contributed by atoms with Crippen molar-refractivity contribution in [3.63, 3.8) is 0 Å². The molecule has 6 nitrogen and oxygen atoms in total. The molecule has 1 atom stereocenters. The summed E-state index contributed by atoms with van der Waals surface area (Å²) < 4.78 is 14.6. The molecule has 0 amide bonds. The second-order valence-electron chi connectivity index (χ2n) is 29.3. The first kappa shape index (κ1) is 64.5. The first-order valence-electron chi connectivity index (χ1n) is 38.2. The minimum absolute atomic E-state index is 0.618. The lowest BCUT2D eigenvalue weighted by Crippen LogP contribution is -2.32. The molecule has 112 heavy (non-hydrogen) atoms. The Kier molecular flexibility index (Phi) is 15.0. The lowest BCUT2D eigenvalue weighted by molar-refractivity contribution is 0.438. The summed E-state index contributed by atoms with van der Waals surface area (Å²) in [5.41, 5.74) is 32.6. The number of hydrogen-bond donors (Lipinski definition) is 0. The second-order valence-corrected chi connectivity index (χ2v) is 29.3. The monoisotopic (exact) mass is 1430 g/mol. The van der Waals surface area contributed by atoms with Crippen LogP contribution in [0.3, 0.4) is 0 Å². The third kappa shape index (κ3) is 10.2. The lowest BCUT2D eigenvalue weighted by Gasteiger charge is -2.40. The zero-order chi connectivity index (χ0) is 73.9. The fourth-order valence-corrected chi connectivity index (χ4v) is 18.3. The zero-order valence-electron chi connectivity index (χ0n) is 60.7. The smallest absolute Gasteiger partial charge is 0.160 e. The number of nitrogens with zero attached hydrogens (tertiary/aromatic N) is 4. The molecule has 2 aliphatic carbocycles. The number of hydrogen-bond acceptors (Lipinski definition) is 6. The Morgan fingerprint density at radius 1 is 0.161 bits per heavy atom. The van der Waals surface area contributed by atoms with Crippen molar-refractivity contribution in [2.45, 2.75) is 10.8 Å². The molecule has 2 aromatic heterocycles. The van der Waals surface area contributed by atoms with Crippen LogP contribution in [-0.4, -0.2) is 19.9 Å². The molecule has 0 N–H and O–H groups in total. The summed E-state index contributed by atoms with van der Waals surface area (Å²) in [6.07, 6.45) is 0. The number of para-hydroxylation sites is 4. The van der Waals surface area contributed by atoms with E-state index >= 15 is 0 Å². The molecule has 0 bridgehead atoms. The highest BCUT2D eigenvalue weighted by molar-refractivity contribution is 5.97. The average Bonchev–Trinajstić information content (AvgIpc) is 1.49. The topological polar surface area (TPSA) is 70.0 Å². The van der Waals surface area contributed by atoms with Crippen molar-refractivity contribution in [2.75, 3.05) is 0 Å². The van der Waals surface area contributed by atoms with Crippen molar-refractivity contribution in [3.8, 4) is 169 Å². The molecule has 16 aromatic carbocycles. The van der Waals surface area contributed by atoms with E-state index in [1.807, 2.05) is 24.3 Å². The van der Waals surface area contributed by atoms with Crippen molar-refractivity contribution in [1.29, 1.82) is 0 Å². The molecule has 0 fully saturated rings. The standard InChI is InChI=1S/C106H66N4O2/c1-5-27-69(28-6-1)95-65-96(70-29-7-2-8-30-70)108-103(107-95)77-38-23-35-73(61-77)67-53-55-68(56-54-67)80-42-25-49-93-101(80)111-100-52-22-20-48-92(100)106(93)89-46-18-15-41-84(89)86-63-76(58-60-90(86)106)79-59-57-78(104-109-97(71-31-9-3-10-32-71)66-98(110-104)72-33-11-4-12-34-72)64-85(79)75-37-24-36-74(62-75)81-43-26-50-94-102(81)112-99-51-21-19-47-91(99)105(94)87-44-16-13-39-82(87)83-40-14-17-45-88(83)105/h1-66H. The summed E-state index contributed by atoms with van der Waals surface area (Å²) in [6.45, 7) is 0. The van der Waals surface area contributed by atoms with Crippen LogP contribution in [0.15, 0.2) is 400 Å².